The van der Waals surface area contributed by atoms with Crippen molar-refractivity contribution in [2.24, 2.45) is 0 Å². The number of halogens is 2. The maximum absolute atomic E-state index is 13.9. The van der Waals surface area contributed by atoms with Gasteiger partial charge in [0.25, 0.3) is 11.7 Å². The van der Waals surface area contributed by atoms with Crippen LogP contribution in [0, 0.1) is 5.82 Å². The molecule has 1 aliphatic rings. The molecule has 1 aliphatic heterocycles. The Morgan fingerprint density at radius 2 is 1.97 bits per heavy atom. The van der Waals surface area contributed by atoms with E-state index in [9.17, 15) is 19.1 Å². The second-order valence-corrected chi connectivity index (χ2v) is 7.61. The normalized spacial score (nSPS) is 18.3. The Balaban J connectivity index is 2.16. The molecule has 0 spiro atoms. The Morgan fingerprint density at radius 3 is 2.57 bits per heavy atom. The zero-order valence-corrected chi connectivity index (χ0v) is 17.6. The van der Waals surface area contributed by atoms with Gasteiger partial charge in [0, 0.05) is 18.7 Å². The molecular weight excluding hydrogens is 411 g/mol. The number of hydrogen-bond donors (Lipinski definition) is 1. The van der Waals surface area contributed by atoms with Gasteiger partial charge < -0.3 is 19.6 Å². The van der Waals surface area contributed by atoms with E-state index in [1.807, 2.05) is 19.0 Å². The lowest BCUT2D eigenvalue weighted by molar-refractivity contribution is -0.140. The van der Waals surface area contributed by atoms with Gasteiger partial charge in [0.15, 0.2) is 0 Å². The molecule has 3 rings (SSSR count). The van der Waals surface area contributed by atoms with Crippen molar-refractivity contribution >= 4 is 29.1 Å². The van der Waals surface area contributed by atoms with Crippen molar-refractivity contribution in [1.29, 1.82) is 0 Å². The smallest absolute Gasteiger partial charge is 0.295 e. The summed E-state index contributed by atoms with van der Waals surface area (Å²) in [4.78, 5) is 28.9. The molecule has 0 aliphatic carbocycles. The molecule has 8 heteroatoms. The highest BCUT2D eigenvalue weighted by atomic mass is 35.5. The second kappa shape index (κ2) is 8.85. The Bertz CT molecular complexity index is 1020. The van der Waals surface area contributed by atoms with Gasteiger partial charge >= 0.3 is 0 Å². The molecule has 1 fully saturated rings. The first kappa shape index (κ1) is 21.8. The van der Waals surface area contributed by atoms with E-state index >= 15 is 0 Å². The molecule has 0 aromatic heterocycles. The zero-order chi connectivity index (χ0) is 22.0. The summed E-state index contributed by atoms with van der Waals surface area (Å²) in [6, 6.07) is 9.28. The number of methoxy groups -OCH3 is 1. The number of likely N-dealkylation sites (tertiary alicyclic amines) is 1. The van der Waals surface area contributed by atoms with Gasteiger partial charge in [0.2, 0.25) is 0 Å². The van der Waals surface area contributed by atoms with Crippen molar-refractivity contribution in [1.82, 2.24) is 9.80 Å². The van der Waals surface area contributed by atoms with E-state index < -0.39 is 23.5 Å². The lowest BCUT2D eigenvalue weighted by Gasteiger charge is -2.26. The van der Waals surface area contributed by atoms with E-state index in [0.717, 1.165) is 0 Å². The third-order valence-corrected chi connectivity index (χ3v) is 5.21. The van der Waals surface area contributed by atoms with E-state index in [1.165, 1.54) is 42.3 Å². The number of ether oxygens (including phenoxy) is 1. The number of hydrogen-bond acceptors (Lipinski definition) is 5. The van der Waals surface area contributed by atoms with Crippen LogP contribution in [0.2, 0.25) is 5.02 Å². The molecule has 1 amide bonds. The predicted octanol–water partition coefficient (Wildman–Crippen LogP) is 3.47. The Morgan fingerprint density at radius 1 is 1.23 bits per heavy atom. The summed E-state index contributed by atoms with van der Waals surface area (Å²) in [5.41, 5.74) is 0.549. The van der Waals surface area contributed by atoms with E-state index in [4.69, 9.17) is 16.3 Å². The third-order valence-electron chi connectivity index (χ3n) is 4.92. The van der Waals surface area contributed by atoms with Gasteiger partial charge in [-0.2, -0.15) is 0 Å². The molecule has 2 aromatic carbocycles. The first-order valence-corrected chi connectivity index (χ1v) is 9.65. The topological polar surface area (TPSA) is 70.1 Å². The summed E-state index contributed by atoms with van der Waals surface area (Å²) in [5.74, 6) is -2.04. The van der Waals surface area contributed by atoms with E-state index in [1.54, 1.807) is 12.1 Å². The second-order valence-electron chi connectivity index (χ2n) is 7.20. The Kier molecular flexibility index (Phi) is 6.43. The number of nitrogens with zero attached hydrogens (tertiary/aromatic N) is 2. The zero-order valence-electron chi connectivity index (χ0n) is 16.9. The van der Waals surface area contributed by atoms with Gasteiger partial charge in [-0.15, -0.1) is 0 Å². The van der Waals surface area contributed by atoms with Crippen LogP contribution in [0.1, 0.15) is 17.2 Å². The SMILES string of the molecule is COc1ccc(/C(O)=C2\C(=O)C(=O)N(CCN(C)C)C2c2cccc(F)c2)cc1Cl. The molecule has 0 saturated carbocycles. The van der Waals surface area contributed by atoms with Crippen molar-refractivity contribution in [2.75, 3.05) is 34.3 Å². The lowest BCUT2D eigenvalue weighted by atomic mass is 9.95. The molecule has 0 bridgehead atoms. The van der Waals surface area contributed by atoms with Crippen LogP contribution in [0.4, 0.5) is 4.39 Å². The molecule has 1 heterocycles. The van der Waals surface area contributed by atoms with Gasteiger partial charge in [0.05, 0.1) is 23.7 Å². The number of aliphatic hydroxyl groups excluding tert-OH is 1. The summed E-state index contributed by atoms with van der Waals surface area (Å²) in [6.07, 6.45) is 0. The van der Waals surface area contributed by atoms with Crippen molar-refractivity contribution in [3.8, 4) is 5.75 Å². The number of carbonyl (C=O) groups excluding carboxylic acids is 2. The van der Waals surface area contributed by atoms with Crippen molar-refractivity contribution in [3.63, 3.8) is 0 Å². The first-order valence-electron chi connectivity index (χ1n) is 9.27. The number of rotatable bonds is 6. The largest absolute Gasteiger partial charge is 0.507 e. The highest BCUT2D eigenvalue weighted by Gasteiger charge is 2.46. The van der Waals surface area contributed by atoms with Gasteiger partial charge in [-0.1, -0.05) is 23.7 Å². The summed E-state index contributed by atoms with van der Waals surface area (Å²) in [6.45, 7) is 0.728. The Labute approximate surface area is 179 Å². The van der Waals surface area contributed by atoms with Gasteiger partial charge in [-0.3, -0.25) is 9.59 Å². The lowest BCUT2D eigenvalue weighted by Crippen LogP contribution is -2.35. The molecule has 1 N–H and O–H groups in total. The van der Waals surface area contributed by atoms with Crippen LogP contribution in [-0.4, -0.2) is 60.9 Å². The molecule has 30 heavy (non-hydrogen) atoms. The molecular formula is C22H22ClFN2O4. The number of ketones is 1. The monoisotopic (exact) mass is 432 g/mol. The number of benzene rings is 2. The summed E-state index contributed by atoms with van der Waals surface area (Å²) >= 11 is 6.16. The molecule has 0 radical (unpaired) electrons. The van der Waals surface area contributed by atoms with Gasteiger partial charge in [-0.25, -0.2) is 4.39 Å². The minimum Gasteiger partial charge on any atom is -0.507 e. The van der Waals surface area contributed by atoms with E-state index in [-0.39, 0.29) is 28.5 Å². The fourth-order valence-electron chi connectivity index (χ4n) is 3.41. The predicted molar refractivity (Wildman–Crippen MR) is 112 cm³/mol. The van der Waals surface area contributed by atoms with Gasteiger partial charge in [0.1, 0.15) is 17.3 Å². The van der Waals surface area contributed by atoms with Gasteiger partial charge in [-0.05, 0) is 50.0 Å². The fourth-order valence-corrected chi connectivity index (χ4v) is 3.67. The number of carbonyl (C=O) groups is 2. The van der Waals surface area contributed by atoms with Crippen LogP contribution in [0.15, 0.2) is 48.0 Å². The van der Waals surface area contributed by atoms with Crippen molar-refractivity contribution in [2.45, 2.75) is 6.04 Å². The standard InChI is InChI=1S/C22H22ClFN2O4/c1-25(2)9-10-26-19(13-5-4-6-15(24)11-13)18(21(28)22(26)29)20(27)14-7-8-17(30-3)16(23)12-14/h4-8,11-12,19,27H,9-10H2,1-3H3/b20-18+. The van der Waals surface area contributed by atoms with Crippen LogP contribution in [-0.2, 0) is 9.59 Å². The van der Waals surface area contributed by atoms with Crippen LogP contribution in [0.3, 0.4) is 0 Å². The summed E-state index contributed by atoms with van der Waals surface area (Å²) in [7, 11) is 5.14. The quantitative estimate of drug-likeness (QED) is 0.430. The maximum atomic E-state index is 13.9. The molecule has 6 nitrogen and oxygen atoms in total. The molecule has 2 aromatic rings. The third kappa shape index (κ3) is 4.17. The van der Waals surface area contributed by atoms with Crippen molar-refractivity contribution in [3.05, 3.63) is 70.0 Å². The highest BCUT2D eigenvalue weighted by Crippen LogP contribution is 2.40. The minimum absolute atomic E-state index is 0.106. The molecule has 1 unspecified atom stereocenters. The minimum atomic E-state index is -0.915. The Hall–Kier alpha value is -2.90. The maximum Gasteiger partial charge on any atom is 0.295 e. The summed E-state index contributed by atoms with van der Waals surface area (Å²) in [5, 5.41) is 11.2. The average Bonchev–Trinajstić information content (AvgIpc) is 2.96. The van der Waals surface area contributed by atoms with Crippen molar-refractivity contribution < 1.29 is 23.8 Å². The first-order chi connectivity index (χ1) is 14.2. The fraction of sp³-hybridized carbons (Fsp3) is 0.273. The highest BCUT2D eigenvalue weighted by molar-refractivity contribution is 6.46. The molecule has 158 valence electrons. The number of amides is 1. The van der Waals surface area contributed by atoms with E-state index in [0.29, 0.717) is 17.9 Å². The van der Waals surface area contributed by atoms with Crippen LogP contribution < -0.4 is 4.74 Å². The summed E-state index contributed by atoms with van der Waals surface area (Å²) < 4.78 is 19.1. The molecule has 1 atom stereocenters. The van der Waals surface area contributed by atoms with Crippen LogP contribution >= 0.6 is 11.6 Å². The molecule has 1 saturated heterocycles. The number of likely N-dealkylation sites (N-methyl/N-ethyl adjacent to an activating group) is 1. The van der Waals surface area contributed by atoms with Crippen LogP contribution in [0.25, 0.3) is 5.76 Å². The average molecular weight is 433 g/mol. The number of Topliss-reactive ketones (excluding diaryl/α,β-unsaturated/α-hetero) is 1. The number of aliphatic hydroxyl groups is 1. The van der Waals surface area contributed by atoms with E-state index in [2.05, 4.69) is 0 Å². The van der Waals surface area contributed by atoms with Crippen LogP contribution in [0.5, 0.6) is 5.75 Å².